The predicted octanol–water partition coefficient (Wildman–Crippen LogP) is 4.99. The van der Waals surface area contributed by atoms with Crippen molar-refractivity contribution in [3.8, 4) is 0 Å². The number of anilines is 1. The smallest absolute Gasteiger partial charge is 0.0401 e. The second kappa shape index (κ2) is 8.05. The molecule has 25 heavy (non-hydrogen) atoms. The van der Waals surface area contributed by atoms with Gasteiger partial charge in [-0.1, -0.05) is 56.3 Å². The standard InChI is InChI=1S/C12H17N.C11H15N/c1-9(2)12-8-13-7-10-5-3-4-6-11(10)12;1-9(2)12-8-7-10-5-3-4-6-11(10)12/h3-6,9,12-13H,7-8H2,1-2H3;3-6,9H,7-8H2,1-2H3. The van der Waals surface area contributed by atoms with Gasteiger partial charge in [0.25, 0.3) is 0 Å². The van der Waals surface area contributed by atoms with E-state index < -0.39 is 0 Å². The van der Waals surface area contributed by atoms with Gasteiger partial charge in [0.15, 0.2) is 0 Å². The highest BCUT2D eigenvalue weighted by Crippen LogP contribution is 2.30. The fourth-order valence-electron chi connectivity index (χ4n) is 4.02. The van der Waals surface area contributed by atoms with Crippen LogP contribution < -0.4 is 10.2 Å². The van der Waals surface area contributed by atoms with Crippen LogP contribution in [-0.4, -0.2) is 19.1 Å². The summed E-state index contributed by atoms with van der Waals surface area (Å²) >= 11 is 0. The third-order valence-electron chi connectivity index (χ3n) is 5.49. The highest BCUT2D eigenvalue weighted by molar-refractivity contribution is 5.58. The first kappa shape index (κ1) is 18.0. The van der Waals surface area contributed by atoms with E-state index >= 15 is 0 Å². The topological polar surface area (TPSA) is 15.3 Å². The Balaban J connectivity index is 0.000000146. The first-order valence-electron chi connectivity index (χ1n) is 9.71. The van der Waals surface area contributed by atoms with Gasteiger partial charge in [-0.15, -0.1) is 0 Å². The molecule has 2 heterocycles. The molecular formula is C23H32N2. The van der Waals surface area contributed by atoms with Crippen molar-refractivity contribution in [1.29, 1.82) is 0 Å². The number of hydrogen-bond donors (Lipinski definition) is 1. The lowest BCUT2D eigenvalue weighted by molar-refractivity contribution is 0.436. The lowest BCUT2D eigenvalue weighted by atomic mass is 9.83. The zero-order valence-electron chi connectivity index (χ0n) is 16.1. The summed E-state index contributed by atoms with van der Waals surface area (Å²) in [6, 6.07) is 18.1. The SMILES string of the molecule is CC(C)C1CNCc2ccccc21.CC(C)N1CCc2ccccc21. The van der Waals surface area contributed by atoms with Gasteiger partial charge in [-0.2, -0.15) is 0 Å². The zero-order chi connectivity index (χ0) is 17.8. The number of hydrogen-bond acceptors (Lipinski definition) is 2. The van der Waals surface area contributed by atoms with E-state index in [9.17, 15) is 0 Å². The first-order valence-corrected chi connectivity index (χ1v) is 9.71. The number of nitrogens with one attached hydrogen (secondary N) is 1. The Morgan fingerprint density at radius 1 is 0.920 bits per heavy atom. The van der Waals surface area contributed by atoms with E-state index in [1.54, 1.807) is 5.56 Å². The number of nitrogens with zero attached hydrogens (tertiary/aromatic N) is 1. The van der Waals surface area contributed by atoms with Crippen LogP contribution in [0, 0.1) is 5.92 Å². The van der Waals surface area contributed by atoms with E-state index in [4.69, 9.17) is 0 Å². The number of benzene rings is 2. The summed E-state index contributed by atoms with van der Waals surface area (Å²) in [4.78, 5) is 2.47. The molecule has 0 bridgehead atoms. The average Bonchev–Trinajstić information content (AvgIpc) is 3.06. The molecule has 2 heteroatoms. The minimum atomic E-state index is 0.633. The van der Waals surface area contributed by atoms with Gasteiger partial charge in [0.1, 0.15) is 0 Å². The lowest BCUT2D eigenvalue weighted by Crippen LogP contribution is -2.30. The normalized spacial score (nSPS) is 18.6. The molecule has 0 aliphatic carbocycles. The van der Waals surface area contributed by atoms with Crippen LogP contribution in [0.2, 0.25) is 0 Å². The lowest BCUT2D eigenvalue weighted by Gasteiger charge is -2.29. The fraction of sp³-hybridized carbons (Fsp3) is 0.478. The molecule has 2 aliphatic rings. The molecule has 4 rings (SSSR count). The molecule has 0 amide bonds. The molecule has 134 valence electrons. The summed E-state index contributed by atoms with van der Waals surface area (Å²) in [6.07, 6.45) is 1.22. The molecule has 0 saturated heterocycles. The molecule has 2 aromatic carbocycles. The molecule has 1 N–H and O–H groups in total. The van der Waals surface area contributed by atoms with E-state index in [-0.39, 0.29) is 0 Å². The van der Waals surface area contributed by atoms with Crippen LogP contribution in [0.3, 0.4) is 0 Å². The fourth-order valence-corrected chi connectivity index (χ4v) is 4.02. The summed E-state index contributed by atoms with van der Waals surface area (Å²) in [5.74, 6) is 1.43. The predicted molar refractivity (Wildman–Crippen MR) is 108 cm³/mol. The minimum Gasteiger partial charge on any atom is -0.369 e. The zero-order valence-corrected chi connectivity index (χ0v) is 16.1. The van der Waals surface area contributed by atoms with Crippen LogP contribution in [0.25, 0.3) is 0 Å². The second-order valence-corrected chi connectivity index (χ2v) is 7.85. The number of rotatable bonds is 2. The monoisotopic (exact) mass is 336 g/mol. The van der Waals surface area contributed by atoms with Crippen LogP contribution in [0.15, 0.2) is 48.5 Å². The maximum atomic E-state index is 3.47. The van der Waals surface area contributed by atoms with Gasteiger partial charge in [-0.3, -0.25) is 0 Å². The van der Waals surface area contributed by atoms with E-state index in [0.717, 1.165) is 19.0 Å². The molecule has 1 atom stereocenters. The van der Waals surface area contributed by atoms with Crippen molar-refractivity contribution in [2.45, 2.75) is 52.6 Å². The van der Waals surface area contributed by atoms with Crippen molar-refractivity contribution < 1.29 is 0 Å². The quantitative estimate of drug-likeness (QED) is 0.831. The molecular weight excluding hydrogens is 304 g/mol. The van der Waals surface area contributed by atoms with Crippen molar-refractivity contribution in [2.75, 3.05) is 18.0 Å². The average molecular weight is 337 g/mol. The van der Waals surface area contributed by atoms with Gasteiger partial charge in [0.2, 0.25) is 0 Å². The van der Waals surface area contributed by atoms with Crippen LogP contribution >= 0.6 is 0 Å². The van der Waals surface area contributed by atoms with Crippen LogP contribution in [-0.2, 0) is 13.0 Å². The molecule has 1 unspecified atom stereocenters. The third kappa shape index (κ3) is 4.07. The molecule has 2 aromatic rings. The van der Waals surface area contributed by atoms with Gasteiger partial charge in [0.05, 0.1) is 0 Å². The summed E-state index contributed by atoms with van der Waals surface area (Å²) in [6.45, 7) is 12.5. The molecule has 2 nitrogen and oxygen atoms in total. The van der Waals surface area contributed by atoms with E-state index in [1.807, 2.05) is 0 Å². The Morgan fingerprint density at radius 3 is 2.32 bits per heavy atom. The van der Waals surface area contributed by atoms with Crippen molar-refractivity contribution in [3.63, 3.8) is 0 Å². The van der Waals surface area contributed by atoms with Gasteiger partial charge in [0, 0.05) is 31.4 Å². The van der Waals surface area contributed by atoms with Crippen molar-refractivity contribution in [2.24, 2.45) is 5.92 Å². The van der Waals surface area contributed by atoms with Crippen LogP contribution in [0.4, 0.5) is 5.69 Å². The Labute approximate surface area is 153 Å². The van der Waals surface area contributed by atoms with Crippen LogP contribution in [0.5, 0.6) is 0 Å². The van der Waals surface area contributed by atoms with Gasteiger partial charge < -0.3 is 10.2 Å². The highest BCUT2D eigenvalue weighted by Gasteiger charge is 2.21. The maximum absolute atomic E-state index is 3.47. The molecule has 0 fully saturated rings. The van der Waals surface area contributed by atoms with E-state index in [2.05, 4.69) is 86.4 Å². The maximum Gasteiger partial charge on any atom is 0.0401 e. The Morgan fingerprint density at radius 2 is 1.60 bits per heavy atom. The third-order valence-corrected chi connectivity index (χ3v) is 5.49. The number of para-hydroxylation sites is 1. The molecule has 0 saturated carbocycles. The Hall–Kier alpha value is -1.80. The van der Waals surface area contributed by atoms with Gasteiger partial charge >= 0.3 is 0 Å². The van der Waals surface area contributed by atoms with Gasteiger partial charge in [-0.05, 0) is 54.9 Å². The minimum absolute atomic E-state index is 0.633. The number of fused-ring (bicyclic) bond motifs is 2. The molecule has 0 aromatic heterocycles. The van der Waals surface area contributed by atoms with E-state index in [0.29, 0.717) is 12.0 Å². The molecule has 0 spiro atoms. The second-order valence-electron chi connectivity index (χ2n) is 7.85. The van der Waals surface area contributed by atoms with Crippen molar-refractivity contribution in [3.05, 3.63) is 65.2 Å². The summed E-state index contributed by atoms with van der Waals surface area (Å²) in [5, 5.41) is 3.47. The summed E-state index contributed by atoms with van der Waals surface area (Å²) in [7, 11) is 0. The summed E-state index contributed by atoms with van der Waals surface area (Å²) in [5.41, 5.74) is 5.97. The van der Waals surface area contributed by atoms with Crippen LogP contribution in [0.1, 0.15) is 50.3 Å². The largest absolute Gasteiger partial charge is 0.369 e. The highest BCUT2D eigenvalue weighted by atomic mass is 15.2. The Bertz CT molecular complexity index is 690. The Kier molecular flexibility index (Phi) is 5.80. The first-order chi connectivity index (χ1) is 12.1. The summed E-state index contributed by atoms with van der Waals surface area (Å²) < 4.78 is 0. The van der Waals surface area contributed by atoms with Crippen molar-refractivity contribution >= 4 is 5.69 Å². The van der Waals surface area contributed by atoms with E-state index in [1.165, 1.54) is 29.8 Å². The molecule has 0 radical (unpaired) electrons. The molecule has 2 aliphatic heterocycles. The van der Waals surface area contributed by atoms with Crippen molar-refractivity contribution in [1.82, 2.24) is 5.32 Å². The van der Waals surface area contributed by atoms with Gasteiger partial charge in [-0.25, -0.2) is 0 Å².